The number of nitrogens with zero attached hydrogens (tertiary/aromatic N) is 5. The summed E-state index contributed by atoms with van der Waals surface area (Å²) in [5, 5.41) is 13.3. The number of fused-ring (bicyclic) bond motifs is 1. The zero-order valence-electron chi connectivity index (χ0n) is 19.0. The fourth-order valence-corrected chi connectivity index (χ4v) is 4.34. The second kappa shape index (κ2) is 9.36. The summed E-state index contributed by atoms with van der Waals surface area (Å²) < 4.78 is 1.21. The van der Waals surface area contributed by atoms with Crippen LogP contribution in [0.25, 0.3) is 16.6 Å². The summed E-state index contributed by atoms with van der Waals surface area (Å²) in [6.07, 6.45) is 2.58. The number of hydrogen-bond acceptors (Lipinski definition) is 7. The first-order chi connectivity index (χ1) is 16.9. The van der Waals surface area contributed by atoms with Crippen LogP contribution in [0.2, 0.25) is 5.02 Å². The number of anilines is 3. The minimum absolute atomic E-state index is 0.0531. The van der Waals surface area contributed by atoms with Gasteiger partial charge < -0.3 is 20.2 Å². The second-order valence-corrected chi connectivity index (χ2v) is 8.80. The van der Waals surface area contributed by atoms with Crippen molar-refractivity contribution in [2.24, 2.45) is 0 Å². The van der Waals surface area contributed by atoms with Crippen LogP contribution in [0.15, 0.2) is 65.7 Å². The highest BCUT2D eigenvalue weighted by molar-refractivity contribution is 6.32. The lowest BCUT2D eigenvalue weighted by Gasteiger charge is -2.34. The standard InChI is InChI=1S/C25H23ClN6O3/c1-30-10-12-31(13-11-30)17-8-6-16(7-9-17)28-25-27-14-18-22(29-25)19(24(34)35)15-32(23(18)33)21-5-3-2-4-20(21)26/h2-9,14-15H,10-13H2,1H3,(H,34,35)(H,27,28,29). The lowest BCUT2D eigenvalue weighted by atomic mass is 10.2. The fraction of sp³-hybridized carbons (Fsp3) is 0.200. The van der Waals surface area contributed by atoms with Gasteiger partial charge in [0.05, 0.1) is 21.6 Å². The number of piperazine rings is 1. The van der Waals surface area contributed by atoms with Crippen molar-refractivity contribution in [2.45, 2.75) is 0 Å². The number of pyridine rings is 1. The zero-order chi connectivity index (χ0) is 24.5. The number of hydrogen-bond donors (Lipinski definition) is 2. The van der Waals surface area contributed by atoms with Gasteiger partial charge in [-0.25, -0.2) is 14.8 Å². The average Bonchev–Trinajstić information content (AvgIpc) is 2.86. The normalized spacial score (nSPS) is 14.3. The molecule has 178 valence electrons. The third-order valence-electron chi connectivity index (χ3n) is 6.09. The van der Waals surface area contributed by atoms with Crippen molar-refractivity contribution in [1.82, 2.24) is 19.4 Å². The van der Waals surface area contributed by atoms with Crippen LogP contribution in [0.5, 0.6) is 0 Å². The van der Waals surface area contributed by atoms with Gasteiger partial charge in [-0.05, 0) is 43.4 Å². The summed E-state index contributed by atoms with van der Waals surface area (Å²) in [5.41, 5.74) is 1.74. The van der Waals surface area contributed by atoms with E-state index in [2.05, 4.69) is 32.1 Å². The van der Waals surface area contributed by atoms with E-state index in [1.165, 1.54) is 17.0 Å². The molecular formula is C25H23ClN6O3. The van der Waals surface area contributed by atoms with E-state index in [9.17, 15) is 14.7 Å². The lowest BCUT2D eigenvalue weighted by Crippen LogP contribution is -2.44. The van der Waals surface area contributed by atoms with E-state index in [1.807, 2.05) is 24.3 Å². The number of aromatic nitrogens is 3. The molecule has 0 aliphatic carbocycles. The minimum atomic E-state index is -1.21. The molecule has 1 aliphatic rings. The molecule has 0 radical (unpaired) electrons. The quantitative estimate of drug-likeness (QED) is 0.437. The van der Waals surface area contributed by atoms with Crippen molar-refractivity contribution in [3.8, 4) is 5.69 Å². The van der Waals surface area contributed by atoms with Gasteiger partial charge in [0.2, 0.25) is 5.95 Å². The Kier molecular flexibility index (Phi) is 6.10. The van der Waals surface area contributed by atoms with Gasteiger partial charge in [-0.15, -0.1) is 0 Å². The molecule has 0 spiro atoms. The monoisotopic (exact) mass is 490 g/mol. The van der Waals surface area contributed by atoms with Crippen molar-refractivity contribution in [2.75, 3.05) is 43.4 Å². The SMILES string of the molecule is CN1CCN(c2ccc(Nc3ncc4c(=O)n(-c5ccccc5Cl)cc(C(=O)O)c4n3)cc2)CC1. The molecular weight excluding hydrogens is 468 g/mol. The van der Waals surface area contributed by atoms with Gasteiger partial charge in [-0.2, -0.15) is 0 Å². The second-order valence-electron chi connectivity index (χ2n) is 8.39. The van der Waals surface area contributed by atoms with E-state index >= 15 is 0 Å². The van der Waals surface area contributed by atoms with E-state index in [1.54, 1.807) is 24.3 Å². The number of nitrogens with one attached hydrogen (secondary N) is 1. The summed E-state index contributed by atoms with van der Waals surface area (Å²) in [6, 6.07) is 14.6. The first kappa shape index (κ1) is 22.8. The molecule has 3 heterocycles. The van der Waals surface area contributed by atoms with Crippen LogP contribution in [-0.2, 0) is 0 Å². The van der Waals surface area contributed by atoms with Crippen LogP contribution in [0, 0.1) is 0 Å². The Morgan fingerprint density at radius 3 is 2.46 bits per heavy atom. The van der Waals surface area contributed by atoms with E-state index in [0.29, 0.717) is 10.7 Å². The maximum Gasteiger partial charge on any atom is 0.339 e. The van der Waals surface area contributed by atoms with E-state index in [-0.39, 0.29) is 22.4 Å². The number of likely N-dealkylation sites (N-methyl/N-ethyl adjacent to an activating group) is 1. The fourth-order valence-electron chi connectivity index (χ4n) is 4.11. The van der Waals surface area contributed by atoms with E-state index in [4.69, 9.17) is 11.6 Å². The highest BCUT2D eigenvalue weighted by atomic mass is 35.5. The van der Waals surface area contributed by atoms with E-state index < -0.39 is 11.5 Å². The van der Waals surface area contributed by atoms with Crippen LogP contribution in [0.4, 0.5) is 17.3 Å². The van der Waals surface area contributed by atoms with Crippen molar-refractivity contribution >= 4 is 45.8 Å². The van der Waals surface area contributed by atoms with Crippen molar-refractivity contribution in [3.05, 3.63) is 81.9 Å². The first-order valence-electron chi connectivity index (χ1n) is 11.1. The molecule has 2 N–H and O–H groups in total. The largest absolute Gasteiger partial charge is 0.478 e. The summed E-state index contributed by atoms with van der Waals surface area (Å²) >= 11 is 6.24. The van der Waals surface area contributed by atoms with Gasteiger partial charge in [0.25, 0.3) is 5.56 Å². The van der Waals surface area contributed by atoms with Gasteiger partial charge in [0, 0.05) is 49.9 Å². The molecule has 1 saturated heterocycles. The minimum Gasteiger partial charge on any atom is -0.478 e. The van der Waals surface area contributed by atoms with Crippen molar-refractivity contribution in [3.63, 3.8) is 0 Å². The Labute approximate surface area is 206 Å². The predicted octanol–water partition coefficient (Wildman–Crippen LogP) is 3.63. The summed E-state index contributed by atoms with van der Waals surface area (Å²) in [5.74, 6) is -1.01. The number of halogens is 1. The van der Waals surface area contributed by atoms with Crippen molar-refractivity contribution < 1.29 is 9.90 Å². The molecule has 5 rings (SSSR count). The van der Waals surface area contributed by atoms with Gasteiger partial charge in [-0.1, -0.05) is 23.7 Å². The Bertz CT molecular complexity index is 1460. The number of para-hydroxylation sites is 1. The molecule has 4 aromatic rings. The third kappa shape index (κ3) is 4.55. The number of carbonyl (C=O) groups is 1. The van der Waals surface area contributed by atoms with Crippen LogP contribution in [0.3, 0.4) is 0 Å². The van der Waals surface area contributed by atoms with Gasteiger partial charge in [0.1, 0.15) is 5.56 Å². The molecule has 2 aromatic heterocycles. The van der Waals surface area contributed by atoms with Crippen LogP contribution >= 0.6 is 11.6 Å². The Morgan fingerprint density at radius 2 is 1.77 bits per heavy atom. The predicted molar refractivity (Wildman–Crippen MR) is 137 cm³/mol. The summed E-state index contributed by atoms with van der Waals surface area (Å²) in [6.45, 7) is 3.99. The molecule has 0 saturated carbocycles. The molecule has 2 aromatic carbocycles. The molecule has 0 bridgehead atoms. The van der Waals surface area contributed by atoms with Gasteiger partial charge in [0.15, 0.2) is 0 Å². The number of carboxylic acid groups (broad SMARTS) is 1. The molecule has 0 unspecified atom stereocenters. The number of carboxylic acids is 1. The average molecular weight is 491 g/mol. The van der Waals surface area contributed by atoms with Crippen LogP contribution in [0.1, 0.15) is 10.4 Å². The Balaban J connectivity index is 1.47. The number of aromatic carboxylic acids is 1. The summed E-state index contributed by atoms with van der Waals surface area (Å²) in [7, 11) is 2.12. The number of benzene rings is 2. The molecule has 0 amide bonds. The zero-order valence-corrected chi connectivity index (χ0v) is 19.7. The molecule has 10 heteroatoms. The van der Waals surface area contributed by atoms with Crippen molar-refractivity contribution in [1.29, 1.82) is 0 Å². The first-order valence-corrected chi connectivity index (χ1v) is 11.5. The maximum absolute atomic E-state index is 13.1. The molecule has 1 aliphatic heterocycles. The van der Waals surface area contributed by atoms with Crippen LogP contribution < -0.4 is 15.8 Å². The molecule has 9 nitrogen and oxygen atoms in total. The number of rotatable bonds is 5. The topological polar surface area (TPSA) is 104 Å². The third-order valence-corrected chi connectivity index (χ3v) is 6.41. The summed E-state index contributed by atoms with van der Waals surface area (Å²) in [4.78, 5) is 38.4. The van der Waals surface area contributed by atoms with E-state index in [0.717, 1.165) is 37.6 Å². The maximum atomic E-state index is 13.1. The van der Waals surface area contributed by atoms with Crippen LogP contribution in [-0.4, -0.2) is 63.7 Å². The van der Waals surface area contributed by atoms with Gasteiger partial charge >= 0.3 is 5.97 Å². The molecule has 1 fully saturated rings. The highest BCUT2D eigenvalue weighted by Crippen LogP contribution is 2.24. The molecule has 35 heavy (non-hydrogen) atoms. The van der Waals surface area contributed by atoms with Gasteiger partial charge in [-0.3, -0.25) is 9.36 Å². The Hall–Kier alpha value is -3.95. The Morgan fingerprint density at radius 1 is 1.06 bits per heavy atom. The lowest BCUT2D eigenvalue weighted by molar-refractivity contribution is 0.0698. The highest BCUT2D eigenvalue weighted by Gasteiger charge is 2.19. The smallest absolute Gasteiger partial charge is 0.339 e. The molecule has 0 atom stereocenters.